The summed E-state index contributed by atoms with van der Waals surface area (Å²) in [6, 6.07) is 12.1. The van der Waals surface area contributed by atoms with E-state index in [9.17, 15) is 9.18 Å². The van der Waals surface area contributed by atoms with Crippen molar-refractivity contribution in [2.75, 3.05) is 0 Å². The summed E-state index contributed by atoms with van der Waals surface area (Å²) in [5.74, 6) is -0.700. The molecule has 0 aliphatic carbocycles. The number of aryl methyl sites for hydroxylation is 2. The summed E-state index contributed by atoms with van der Waals surface area (Å²) in [5, 5.41) is 0. The fraction of sp³-hybridized carbons (Fsp3) is 0.133. The van der Waals surface area contributed by atoms with Gasteiger partial charge in [-0.25, -0.2) is 4.39 Å². The van der Waals surface area contributed by atoms with Crippen LogP contribution >= 0.6 is 0 Å². The Bertz CT molecular complexity index is 573. The maximum Gasteiger partial charge on any atom is 0.195 e. The van der Waals surface area contributed by atoms with Crippen molar-refractivity contribution in [3.05, 3.63) is 70.5 Å². The molecule has 2 rings (SSSR count). The Hall–Kier alpha value is -1.96. The van der Waals surface area contributed by atoms with E-state index < -0.39 is 5.82 Å². The Morgan fingerprint density at radius 1 is 1.06 bits per heavy atom. The van der Waals surface area contributed by atoms with Crippen LogP contribution in [-0.4, -0.2) is 5.78 Å². The summed E-state index contributed by atoms with van der Waals surface area (Å²) in [6.07, 6.45) is 0. The number of rotatable bonds is 2. The lowest BCUT2D eigenvalue weighted by molar-refractivity contribution is 0.103. The standard InChI is InChI=1S/C15H13FO/c1-10-5-3-7-12(9-10)15(17)13-8-4-6-11(2)14(13)16/h3-9H,1-2H3. The first-order valence-electron chi connectivity index (χ1n) is 5.46. The van der Waals surface area contributed by atoms with Gasteiger partial charge in [-0.2, -0.15) is 0 Å². The first kappa shape index (κ1) is 11.5. The Kier molecular flexibility index (Phi) is 3.05. The third-order valence-corrected chi connectivity index (χ3v) is 2.72. The zero-order chi connectivity index (χ0) is 12.4. The molecular weight excluding hydrogens is 215 g/mol. The molecule has 0 aliphatic rings. The number of halogens is 1. The minimum Gasteiger partial charge on any atom is -0.288 e. The highest BCUT2D eigenvalue weighted by Crippen LogP contribution is 2.17. The van der Waals surface area contributed by atoms with Crippen molar-refractivity contribution in [3.63, 3.8) is 0 Å². The number of carbonyl (C=O) groups is 1. The summed E-state index contributed by atoms with van der Waals surface area (Å²) < 4.78 is 13.8. The van der Waals surface area contributed by atoms with Gasteiger partial charge in [0.15, 0.2) is 5.78 Å². The van der Waals surface area contributed by atoms with Crippen LogP contribution in [0.15, 0.2) is 42.5 Å². The first-order chi connectivity index (χ1) is 8.09. The van der Waals surface area contributed by atoms with Crippen LogP contribution in [-0.2, 0) is 0 Å². The van der Waals surface area contributed by atoms with E-state index >= 15 is 0 Å². The molecule has 0 aliphatic heterocycles. The molecule has 17 heavy (non-hydrogen) atoms. The first-order valence-corrected chi connectivity index (χ1v) is 5.46. The number of hydrogen-bond donors (Lipinski definition) is 0. The van der Waals surface area contributed by atoms with E-state index in [0.29, 0.717) is 11.1 Å². The largest absolute Gasteiger partial charge is 0.288 e. The van der Waals surface area contributed by atoms with Crippen LogP contribution in [0, 0.1) is 19.7 Å². The predicted molar refractivity (Wildman–Crippen MR) is 65.7 cm³/mol. The molecule has 0 aromatic heterocycles. The van der Waals surface area contributed by atoms with Gasteiger partial charge < -0.3 is 0 Å². The van der Waals surface area contributed by atoms with Crippen LogP contribution in [0.25, 0.3) is 0 Å². The zero-order valence-electron chi connectivity index (χ0n) is 9.83. The summed E-state index contributed by atoms with van der Waals surface area (Å²) in [6.45, 7) is 3.56. The van der Waals surface area contributed by atoms with E-state index in [1.165, 1.54) is 6.07 Å². The average molecular weight is 228 g/mol. The van der Waals surface area contributed by atoms with Crippen LogP contribution in [0.5, 0.6) is 0 Å². The number of hydrogen-bond acceptors (Lipinski definition) is 1. The van der Waals surface area contributed by atoms with Gasteiger partial charge in [-0.15, -0.1) is 0 Å². The molecule has 0 N–H and O–H groups in total. The van der Waals surface area contributed by atoms with Gasteiger partial charge >= 0.3 is 0 Å². The third kappa shape index (κ3) is 2.26. The fourth-order valence-electron chi connectivity index (χ4n) is 1.76. The average Bonchev–Trinajstić information content (AvgIpc) is 2.32. The molecule has 0 radical (unpaired) electrons. The monoisotopic (exact) mass is 228 g/mol. The second kappa shape index (κ2) is 4.50. The van der Waals surface area contributed by atoms with Crippen LogP contribution < -0.4 is 0 Å². The van der Waals surface area contributed by atoms with Crippen molar-refractivity contribution in [2.24, 2.45) is 0 Å². The van der Waals surface area contributed by atoms with Gasteiger partial charge in [0, 0.05) is 5.56 Å². The second-order valence-corrected chi connectivity index (χ2v) is 4.14. The highest BCUT2D eigenvalue weighted by atomic mass is 19.1. The molecule has 2 heteroatoms. The minimum absolute atomic E-state index is 0.135. The molecule has 0 fully saturated rings. The Balaban J connectivity index is 2.48. The van der Waals surface area contributed by atoms with E-state index in [4.69, 9.17) is 0 Å². The molecule has 0 unspecified atom stereocenters. The zero-order valence-corrected chi connectivity index (χ0v) is 9.83. The van der Waals surface area contributed by atoms with E-state index in [1.54, 1.807) is 37.3 Å². The molecule has 2 aromatic rings. The van der Waals surface area contributed by atoms with Crippen molar-refractivity contribution in [2.45, 2.75) is 13.8 Å². The summed E-state index contributed by atoms with van der Waals surface area (Å²) >= 11 is 0. The topological polar surface area (TPSA) is 17.1 Å². The second-order valence-electron chi connectivity index (χ2n) is 4.14. The molecule has 0 bridgehead atoms. The highest BCUT2D eigenvalue weighted by Gasteiger charge is 2.14. The number of benzene rings is 2. The van der Waals surface area contributed by atoms with Gasteiger partial charge in [-0.1, -0.05) is 35.9 Å². The minimum atomic E-state index is -0.431. The smallest absolute Gasteiger partial charge is 0.195 e. The maximum atomic E-state index is 13.8. The van der Waals surface area contributed by atoms with Gasteiger partial charge in [0.1, 0.15) is 5.82 Å². The Morgan fingerprint density at radius 3 is 2.47 bits per heavy atom. The molecular formula is C15H13FO. The molecule has 0 saturated carbocycles. The Labute approximate surface area is 99.9 Å². The molecule has 0 atom stereocenters. The molecule has 0 heterocycles. The third-order valence-electron chi connectivity index (χ3n) is 2.72. The molecule has 86 valence electrons. The summed E-state index contributed by atoms with van der Waals surface area (Å²) in [4.78, 5) is 12.1. The van der Waals surface area contributed by atoms with E-state index in [-0.39, 0.29) is 11.3 Å². The predicted octanol–water partition coefficient (Wildman–Crippen LogP) is 3.67. The quantitative estimate of drug-likeness (QED) is 0.717. The number of ketones is 1. The van der Waals surface area contributed by atoms with Crippen LogP contribution in [0.4, 0.5) is 4.39 Å². The van der Waals surface area contributed by atoms with Gasteiger partial charge in [0.05, 0.1) is 5.56 Å². The van der Waals surface area contributed by atoms with Gasteiger partial charge in [0.2, 0.25) is 0 Å². The van der Waals surface area contributed by atoms with Crippen molar-refractivity contribution in [1.29, 1.82) is 0 Å². The lowest BCUT2D eigenvalue weighted by atomic mass is 10.00. The van der Waals surface area contributed by atoms with E-state index in [0.717, 1.165) is 5.56 Å². The van der Waals surface area contributed by atoms with Gasteiger partial charge in [-0.3, -0.25) is 4.79 Å². The lowest BCUT2D eigenvalue weighted by Gasteiger charge is -2.05. The SMILES string of the molecule is Cc1cccc(C(=O)c2cccc(C)c2F)c1. The summed E-state index contributed by atoms with van der Waals surface area (Å²) in [7, 11) is 0. The maximum absolute atomic E-state index is 13.8. The van der Waals surface area contributed by atoms with Gasteiger partial charge in [0.25, 0.3) is 0 Å². The lowest BCUT2D eigenvalue weighted by Crippen LogP contribution is -2.05. The Morgan fingerprint density at radius 2 is 1.76 bits per heavy atom. The molecule has 0 amide bonds. The van der Waals surface area contributed by atoms with Crippen molar-refractivity contribution in [1.82, 2.24) is 0 Å². The molecule has 0 saturated heterocycles. The number of carbonyl (C=O) groups excluding carboxylic acids is 1. The normalized spacial score (nSPS) is 10.3. The fourth-order valence-corrected chi connectivity index (χ4v) is 1.76. The van der Waals surface area contributed by atoms with Crippen LogP contribution in [0.3, 0.4) is 0 Å². The van der Waals surface area contributed by atoms with Crippen LogP contribution in [0.2, 0.25) is 0 Å². The van der Waals surface area contributed by atoms with Crippen molar-refractivity contribution >= 4 is 5.78 Å². The van der Waals surface area contributed by atoms with Gasteiger partial charge in [-0.05, 0) is 31.5 Å². The van der Waals surface area contributed by atoms with E-state index in [1.807, 2.05) is 13.0 Å². The van der Waals surface area contributed by atoms with Crippen molar-refractivity contribution in [3.8, 4) is 0 Å². The van der Waals surface area contributed by atoms with Crippen LogP contribution in [0.1, 0.15) is 27.0 Å². The molecule has 0 spiro atoms. The van der Waals surface area contributed by atoms with E-state index in [2.05, 4.69) is 0 Å². The molecule has 2 aromatic carbocycles. The highest BCUT2D eigenvalue weighted by molar-refractivity contribution is 6.09. The summed E-state index contributed by atoms with van der Waals surface area (Å²) in [5.41, 5.74) is 2.14. The molecule has 1 nitrogen and oxygen atoms in total. The van der Waals surface area contributed by atoms with Crippen molar-refractivity contribution < 1.29 is 9.18 Å².